The van der Waals surface area contributed by atoms with Gasteiger partial charge in [0.2, 0.25) is 0 Å². The zero-order valence-electron chi connectivity index (χ0n) is 17.7. The second-order valence-corrected chi connectivity index (χ2v) is 7.64. The molecule has 1 amide bonds. The van der Waals surface area contributed by atoms with E-state index in [0.29, 0.717) is 23.5 Å². The number of nitrogens with one attached hydrogen (secondary N) is 1. The van der Waals surface area contributed by atoms with Crippen molar-refractivity contribution < 1.29 is 24.5 Å². The van der Waals surface area contributed by atoms with Crippen molar-refractivity contribution in [3.8, 4) is 5.75 Å². The molecule has 0 aliphatic rings. The molecule has 0 fully saturated rings. The standard InChI is InChI=1S/C27H23NO5/c29-25(19-9-5-2-6-10-19)24(27(31)32)28-26(30)22-12-11-21-16-23(14-13-20(21)15-22)33-17-18-7-3-1-4-8-18/h1-16,24-25,29H,17H2,(H,28,30)(H,31,32)/t24-,25?/m0/s1. The van der Waals surface area contributed by atoms with Crippen molar-refractivity contribution in [2.75, 3.05) is 0 Å². The Morgan fingerprint density at radius 2 is 1.45 bits per heavy atom. The highest BCUT2D eigenvalue weighted by atomic mass is 16.5. The average molecular weight is 441 g/mol. The lowest BCUT2D eigenvalue weighted by Gasteiger charge is -2.21. The molecule has 0 bridgehead atoms. The highest BCUT2D eigenvalue weighted by Crippen LogP contribution is 2.24. The summed E-state index contributed by atoms with van der Waals surface area (Å²) in [7, 11) is 0. The van der Waals surface area contributed by atoms with E-state index in [2.05, 4.69) is 5.32 Å². The van der Waals surface area contributed by atoms with Crippen molar-refractivity contribution in [1.29, 1.82) is 0 Å². The van der Waals surface area contributed by atoms with Crippen molar-refractivity contribution in [3.05, 3.63) is 114 Å². The van der Waals surface area contributed by atoms with Gasteiger partial charge < -0.3 is 20.3 Å². The zero-order chi connectivity index (χ0) is 23.2. The third-order valence-electron chi connectivity index (χ3n) is 5.33. The van der Waals surface area contributed by atoms with Gasteiger partial charge in [-0.1, -0.05) is 72.8 Å². The number of aliphatic hydroxyl groups excluding tert-OH is 1. The first kappa shape index (κ1) is 22.0. The van der Waals surface area contributed by atoms with E-state index in [9.17, 15) is 19.8 Å². The second-order valence-electron chi connectivity index (χ2n) is 7.64. The number of hydrogen-bond donors (Lipinski definition) is 3. The number of carbonyl (C=O) groups is 2. The van der Waals surface area contributed by atoms with Crippen LogP contribution in [0.15, 0.2) is 97.1 Å². The molecule has 0 aliphatic heterocycles. The zero-order valence-corrected chi connectivity index (χ0v) is 17.7. The maximum absolute atomic E-state index is 12.8. The molecule has 0 aromatic heterocycles. The summed E-state index contributed by atoms with van der Waals surface area (Å²) in [5.41, 5.74) is 1.77. The van der Waals surface area contributed by atoms with Crippen molar-refractivity contribution in [3.63, 3.8) is 0 Å². The van der Waals surface area contributed by atoms with Gasteiger partial charge in [-0.3, -0.25) is 4.79 Å². The first-order valence-corrected chi connectivity index (χ1v) is 10.5. The van der Waals surface area contributed by atoms with Gasteiger partial charge in [0.1, 0.15) is 18.5 Å². The summed E-state index contributed by atoms with van der Waals surface area (Å²) in [5.74, 6) is -1.19. The maximum atomic E-state index is 12.8. The van der Waals surface area contributed by atoms with Crippen LogP contribution in [0, 0.1) is 0 Å². The molecule has 6 nitrogen and oxygen atoms in total. The Balaban J connectivity index is 1.48. The highest BCUT2D eigenvalue weighted by molar-refractivity contribution is 6.00. The molecule has 4 aromatic carbocycles. The van der Waals surface area contributed by atoms with Crippen LogP contribution in [0.3, 0.4) is 0 Å². The van der Waals surface area contributed by atoms with Crippen molar-refractivity contribution >= 4 is 22.6 Å². The molecule has 1 unspecified atom stereocenters. The van der Waals surface area contributed by atoms with Gasteiger partial charge in [0.05, 0.1) is 0 Å². The summed E-state index contributed by atoms with van der Waals surface area (Å²) < 4.78 is 5.85. The summed E-state index contributed by atoms with van der Waals surface area (Å²) in [6.45, 7) is 0.452. The van der Waals surface area contributed by atoms with Gasteiger partial charge in [-0.2, -0.15) is 0 Å². The van der Waals surface area contributed by atoms with Gasteiger partial charge in [-0.05, 0) is 46.2 Å². The molecule has 4 rings (SSSR count). The fraction of sp³-hybridized carbons (Fsp3) is 0.111. The number of ether oxygens (including phenoxy) is 1. The van der Waals surface area contributed by atoms with Gasteiger partial charge in [-0.15, -0.1) is 0 Å². The smallest absolute Gasteiger partial charge is 0.329 e. The molecule has 4 aromatic rings. The van der Waals surface area contributed by atoms with Crippen LogP contribution in [0.2, 0.25) is 0 Å². The minimum Gasteiger partial charge on any atom is -0.489 e. The normalized spacial score (nSPS) is 12.6. The van der Waals surface area contributed by atoms with E-state index in [1.807, 2.05) is 48.5 Å². The summed E-state index contributed by atoms with van der Waals surface area (Å²) in [6.07, 6.45) is -1.38. The number of carboxylic acids is 1. The molecule has 0 aliphatic carbocycles. The molecule has 3 N–H and O–H groups in total. The minimum atomic E-state index is -1.48. The topological polar surface area (TPSA) is 95.9 Å². The highest BCUT2D eigenvalue weighted by Gasteiger charge is 2.29. The lowest BCUT2D eigenvalue weighted by molar-refractivity contribution is -0.142. The number of aliphatic carboxylic acids is 1. The van der Waals surface area contributed by atoms with E-state index in [-0.39, 0.29) is 0 Å². The fourth-order valence-electron chi connectivity index (χ4n) is 3.54. The van der Waals surface area contributed by atoms with Crippen LogP contribution in [-0.4, -0.2) is 28.1 Å². The lowest BCUT2D eigenvalue weighted by atomic mass is 10.0. The largest absolute Gasteiger partial charge is 0.489 e. The third kappa shape index (κ3) is 5.37. The van der Waals surface area contributed by atoms with Crippen LogP contribution in [-0.2, 0) is 11.4 Å². The number of hydrogen-bond acceptors (Lipinski definition) is 4. The SMILES string of the molecule is O=C(N[C@H](C(=O)O)C(O)c1ccccc1)c1ccc2cc(OCc3ccccc3)ccc2c1. The molecule has 0 radical (unpaired) electrons. The van der Waals surface area contributed by atoms with Crippen LogP contribution in [0.25, 0.3) is 10.8 Å². The lowest BCUT2D eigenvalue weighted by Crippen LogP contribution is -2.45. The summed E-state index contributed by atoms with van der Waals surface area (Å²) in [6, 6.07) is 27.4. The molecule has 0 saturated heterocycles. The summed E-state index contributed by atoms with van der Waals surface area (Å²) >= 11 is 0. The van der Waals surface area contributed by atoms with E-state index < -0.39 is 24.0 Å². The predicted octanol–water partition coefficient (Wildman–Crippen LogP) is 4.34. The van der Waals surface area contributed by atoms with E-state index in [0.717, 1.165) is 16.3 Å². The predicted molar refractivity (Wildman–Crippen MR) is 125 cm³/mol. The van der Waals surface area contributed by atoms with E-state index >= 15 is 0 Å². The maximum Gasteiger partial charge on any atom is 0.329 e. The number of carboxylic acid groups (broad SMARTS) is 1. The van der Waals surface area contributed by atoms with E-state index in [1.54, 1.807) is 48.5 Å². The molecular weight excluding hydrogens is 418 g/mol. The van der Waals surface area contributed by atoms with Crippen LogP contribution in [0.1, 0.15) is 27.6 Å². The third-order valence-corrected chi connectivity index (χ3v) is 5.33. The molecule has 2 atom stereocenters. The van der Waals surface area contributed by atoms with Crippen molar-refractivity contribution in [2.45, 2.75) is 18.8 Å². The summed E-state index contributed by atoms with van der Waals surface area (Å²) in [5, 5.41) is 24.1. The Labute approximate surface area is 191 Å². The Morgan fingerprint density at radius 1 is 0.818 bits per heavy atom. The quantitative estimate of drug-likeness (QED) is 0.378. The van der Waals surface area contributed by atoms with Gasteiger partial charge in [-0.25, -0.2) is 4.79 Å². The van der Waals surface area contributed by atoms with Crippen molar-refractivity contribution in [2.24, 2.45) is 0 Å². The fourth-order valence-corrected chi connectivity index (χ4v) is 3.54. The molecule has 0 heterocycles. The van der Waals surface area contributed by atoms with E-state index in [1.165, 1.54) is 0 Å². The first-order valence-electron chi connectivity index (χ1n) is 10.5. The molecule has 33 heavy (non-hydrogen) atoms. The first-order chi connectivity index (χ1) is 16.0. The Kier molecular flexibility index (Phi) is 6.66. The average Bonchev–Trinajstić information content (AvgIpc) is 2.86. The monoisotopic (exact) mass is 441 g/mol. The molecule has 6 heteroatoms. The van der Waals surface area contributed by atoms with Gasteiger partial charge in [0.25, 0.3) is 5.91 Å². The Hall–Kier alpha value is -4.16. The Bertz CT molecular complexity index is 1260. The van der Waals surface area contributed by atoms with Crippen molar-refractivity contribution in [1.82, 2.24) is 5.32 Å². The van der Waals surface area contributed by atoms with Crippen LogP contribution in [0.5, 0.6) is 5.75 Å². The minimum absolute atomic E-state index is 0.298. The number of benzene rings is 4. The van der Waals surface area contributed by atoms with Crippen LogP contribution < -0.4 is 10.1 Å². The Morgan fingerprint density at radius 3 is 2.15 bits per heavy atom. The van der Waals surface area contributed by atoms with Gasteiger partial charge in [0.15, 0.2) is 6.04 Å². The second kappa shape index (κ2) is 9.97. The summed E-state index contributed by atoms with van der Waals surface area (Å²) in [4.78, 5) is 24.5. The number of carbonyl (C=O) groups excluding carboxylic acids is 1. The molecule has 166 valence electrons. The number of aliphatic hydroxyl groups is 1. The van der Waals surface area contributed by atoms with E-state index in [4.69, 9.17) is 4.74 Å². The van der Waals surface area contributed by atoms with Gasteiger partial charge in [0, 0.05) is 5.56 Å². The molecular formula is C27H23NO5. The molecule has 0 spiro atoms. The number of rotatable bonds is 8. The number of fused-ring (bicyclic) bond motifs is 1. The van der Waals surface area contributed by atoms with Gasteiger partial charge >= 0.3 is 5.97 Å². The van der Waals surface area contributed by atoms with Crippen LogP contribution >= 0.6 is 0 Å². The molecule has 0 saturated carbocycles. The van der Waals surface area contributed by atoms with Crippen LogP contribution in [0.4, 0.5) is 0 Å². The number of amides is 1.